The molecule has 0 rings (SSSR count). The molecule has 81 heavy (non-hydrogen) atoms. The molecule has 0 saturated carbocycles. The second-order valence-corrected chi connectivity index (χ2v) is 21.0. The van der Waals surface area contributed by atoms with Crippen LogP contribution in [0.2, 0.25) is 0 Å². The van der Waals surface area contributed by atoms with Crippen molar-refractivity contribution in [3.05, 3.63) is 48.6 Å². The minimum absolute atomic E-state index is 0. The number of rotatable bonds is 52. The van der Waals surface area contributed by atoms with Gasteiger partial charge in [-0.25, -0.2) is 0 Å². The molecule has 0 bridgehead atoms. The Bertz CT molecular complexity index is 1120. The third-order valence-corrected chi connectivity index (χ3v) is 12.6. The molecule has 0 N–H and O–H groups in total. The van der Waals surface area contributed by atoms with Crippen molar-refractivity contribution < 1.29 is 38.1 Å². The second-order valence-electron chi connectivity index (χ2n) is 19.4. The zero-order valence-corrected chi connectivity index (χ0v) is 60.9. The zero-order valence-electron chi connectivity index (χ0n) is 51.0. The fraction of sp³-hybridized carbons (Fsp3) is 0.818. The fourth-order valence-corrected chi connectivity index (χ4v) is 7.72. The van der Waals surface area contributed by atoms with Crippen LogP contribution in [0.25, 0.3) is 0 Å². The van der Waals surface area contributed by atoms with Crippen molar-refractivity contribution in [1.82, 2.24) is 0 Å². The zero-order chi connectivity index (χ0) is 56.7. The standard InChI is InChI=1S/4C16H30O2S.2CH4.H2S.2Sn/c4*1-2-3-4-5-6-7-8-9-10-11-12-13-16(17)18-14-15-19;;;;;/h4*5-6,19H,2-4,7-15H2,1H3;2*1H4;1H2;;/q;;;;;;;2*+2/p-4/b4*6-5+;;;;;. The van der Waals surface area contributed by atoms with E-state index in [1.807, 2.05) is 0 Å². The Labute approximate surface area is 566 Å². The van der Waals surface area contributed by atoms with Crippen molar-refractivity contribution in [2.75, 3.05) is 49.4 Å². The Hall–Kier alpha value is 0.187. The van der Waals surface area contributed by atoms with Crippen LogP contribution in [0.1, 0.15) is 299 Å². The fourth-order valence-electron chi connectivity index (χ4n) is 7.39. The number of hydrogen-bond donors (Lipinski definition) is 0. The van der Waals surface area contributed by atoms with E-state index in [1.165, 1.54) is 180 Å². The summed E-state index contributed by atoms with van der Waals surface area (Å²) in [6.45, 7) is 10.4. The van der Waals surface area contributed by atoms with E-state index < -0.39 is 0 Å². The number of carbonyl (C=O) groups excluding carboxylic acids is 4. The first kappa shape index (κ1) is 100. The van der Waals surface area contributed by atoms with E-state index >= 15 is 0 Å². The minimum Gasteiger partial charge on any atom is -0.789 e. The van der Waals surface area contributed by atoms with Gasteiger partial charge in [-0.2, -0.15) is 13.5 Å². The Balaban J connectivity index is -0.000000119. The van der Waals surface area contributed by atoms with E-state index in [-0.39, 0.29) is 100 Å². The van der Waals surface area contributed by atoms with Crippen LogP contribution in [-0.4, -0.2) is 121 Å². The summed E-state index contributed by atoms with van der Waals surface area (Å²) >= 11 is 18.9. The van der Waals surface area contributed by atoms with Crippen LogP contribution < -0.4 is 0 Å². The Kier molecular flexibility index (Phi) is 119. The second kappa shape index (κ2) is 96.5. The first-order chi connectivity index (χ1) is 37.2. The summed E-state index contributed by atoms with van der Waals surface area (Å²) < 4.78 is 19.7. The summed E-state index contributed by atoms with van der Waals surface area (Å²) in [6.07, 6.45) is 64.0. The molecule has 0 fully saturated rings. The van der Waals surface area contributed by atoms with Gasteiger partial charge >= 0.3 is 71.7 Å². The van der Waals surface area contributed by atoms with E-state index in [4.69, 9.17) is 69.5 Å². The SMILES string of the molecule is C.C.CCCC/C=C/CCCCCCCC(=O)OCC[S-].CCCC/C=C/CCCCCCCC(=O)OCC[S-].CCCC/C=C/CCCCCCCC(=O)OCC[S-].CCCC/C=C/CCCCCCCC(=O)OCC[S-].S.[Sn+2].[Sn+2]. The van der Waals surface area contributed by atoms with E-state index in [1.54, 1.807) is 0 Å². The summed E-state index contributed by atoms with van der Waals surface area (Å²) in [6, 6.07) is 0. The predicted octanol–water partition coefficient (Wildman–Crippen LogP) is 18.8. The van der Waals surface area contributed by atoms with E-state index in [0.717, 1.165) is 51.4 Å². The Morgan fingerprint density at radius 2 is 0.420 bits per heavy atom. The number of hydrogen-bond acceptors (Lipinski definition) is 12. The van der Waals surface area contributed by atoms with Gasteiger partial charge in [0.2, 0.25) is 0 Å². The molecular weight excluding hydrogens is 1320 g/mol. The van der Waals surface area contributed by atoms with Crippen LogP contribution in [0.15, 0.2) is 48.6 Å². The van der Waals surface area contributed by atoms with Gasteiger partial charge in [-0.15, -0.1) is 23.0 Å². The normalized spacial score (nSPS) is 10.4. The summed E-state index contributed by atoms with van der Waals surface area (Å²) in [4.78, 5) is 44.7. The van der Waals surface area contributed by atoms with E-state index in [2.05, 4.69) is 76.3 Å². The maximum absolute atomic E-state index is 11.2. The average Bonchev–Trinajstić information content (AvgIpc) is 3.42. The number of ether oxygens (including phenoxy) is 4. The van der Waals surface area contributed by atoms with Gasteiger partial charge in [0.1, 0.15) is 0 Å². The summed E-state index contributed by atoms with van der Waals surface area (Å²) in [7, 11) is 0. The Morgan fingerprint density at radius 1 is 0.272 bits per heavy atom. The number of allylic oxidation sites excluding steroid dienone is 8. The molecule has 8 nitrogen and oxygen atoms in total. The van der Waals surface area contributed by atoms with Crippen molar-refractivity contribution in [2.45, 2.75) is 299 Å². The molecule has 4 radical (unpaired) electrons. The molecule has 15 heteroatoms. The first-order valence-corrected chi connectivity index (χ1v) is 33.1. The van der Waals surface area contributed by atoms with Gasteiger partial charge in [0, 0.05) is 25.7 Å². The first-order valence-electron chi connectivity index (χ1n) is 30.8. The molecule has 0 saturated heterocycles. The van der Waals surface area contributed by atoms with Gasteiger partial charge in [-0.3, -0.25) is 19.2 Å². The monoisotopic (exact) mass is 1450 g/mol. The van der Waals surface area contributed by atoms with Crippen LogP contribution in [0.5, 0.6) is 0 Å². The van der Waals surface area contributed by atoms with Crippen molar-refractivity contribution in [3.63, 3.8) is 0 Å². The van der Waals surface area contributed by atoms with Gasteiger partial charge in [-0.1, -0.05) is 220 Å². The molecule has 0 unspecified atom stereocenters. The molecule has 0 aromatic carbocycles. The maximum Gasteiger partial charge on any atom is 2.00 e. The molecule has 476 valence electrons. The average molecular weight is 1450 g/mol. The molecule has 0 aliphatic rings. The van der Waals surface area contributed by atoms with Crippen LogP contribution >= 0.6 is 13.5 Å². The molecule has 0 atom stereocenters. The summed E-state index contributed by atoms with van der Waals surface area (Å²) in [5.41, 5.74) is 0. The minimum atomic E-state index is -0.0938. The third-order valence-electron chi connectivity index (χ3n) is 12.0. The smallest absolute Gasteiger partial charge is 0.789 e. The number of esters is 4. The van der Waals surface area contributed by atoms with E-state index in [9.17, 15) is 19.2 Å². The van der Waals surface area contributed by atoms with E-state index in [0.29, 0.717) is 75.1 Å². The molecule has 0 aromatic rings. The molecule has 0 amide bonds. The largest absolute Gasteiger partial charge is 2.00 e. The van der Waals surface area contributed by atoms with Crippen molar-refractivity contribution in [1.29, 1.82) is 0 Å². The van der Waals surface area contributed by atoms with Crippen LogP contribution in [-0.2, 0) is 88.6 Å². The maximum atomic E-state index is 11.2. The van der Waals surface area contributed by atoms with Gasteiger partial charge in [0.05, 0.1) is 26.4 Å². The van der Waals surface area contributed by atoms with Crippen molar-refractivity contribution in [3.8, 4) is 0 Å². The summed E-state index contributed by atoms with van der Waals surface area (Å²) in [5, 5.41) is 0. The van der Waals surface area contributed by atoms with Crippen molar-refractivity contribution in [2.24, 2.45) is 0 Å². The molecule has 0 aliphatic heterocycles. The summed E-state index contributed by atoms with van der Waals surface area (Å²) in [5.74, 6) is 1.61. The molecular formula is C66H126O8S5Sn2. The van der Waals surface area contributed by atoms with Crippen LogP contribution in [0, 0.1) is 0 Å². The molecule has 0 heterocycles. The molecule has 0 aromatic heterocycles. The van der Waals surface area contributed by atoms with Gasteiger partial charge in [-0.05, 0) is 103 Å². The van der Waals surface area contributed by atoms with Gasteiger partial charge in [0.25, 0.3) is 0 Å². The van der Waals surface area contributed by atoms with Gasteiger partial charge in [0.15, 0.2) is 0 Å². The number of unbranched alkanes of at least 4 members (excludes halogenated alkanes) is 28. The van der Waals surface area contributed by atoms with Crippen molar-refractivity contribution >= 4 is 136 Å². The predicted molar refractivity (Wildman–Crippen MR) is 372 cm³/mol. The number of carbonyl (C=O) groups is 4. The molecule has 0 spiro atoms. The third kappa shape index (κ3) is 105. The van der Waals surface area contributed by atoms with Crippen LogP contribution in [0.3, 0.4) is 0 Å². The van der Waals surface area contributed by atoms with Gasteiger partial charge < -0.3 is 69.5 Å². The topological polar surface area (TPSA) is 105 Å². The quantitative estimate of drug-likeness (QED) is 0.0145. The molecule has 0 aliphatic carbocycles. The van der Waals surface area contributed by atoms with Crippen LogP contribution in [0.4, 0.5) is 0 Å². The Morgan fingerprint density at radius 3 is 0.580 bits per heavy atom.